The molecule has 0 saturated carbocycles. The Hall–Kier alpha value is -2.44. The maximum atomic E-state index is 13.8. The number of nitrogens with zero attached hydrogens (tertiary/aromatic N) is 2. The molecule has 28 heavy (non-hydrogen) atoms. The Balaban J connectivity index is 1.59. The van der Waals surface area contributed by atoms with E-state index in [9.17, 15) is 9.18 Å². The average Bonchev–Trinajstić information content (AvgIpc) is 3.01. The van der Waals surface area contributed by atoms with Gasteiger partial charge < -0.3 is 14.6 Å². The van der Waals surface area contributed by atoms with Gasteiger partial charge in [-0.1, -0.05) is 23.7 Å². The number of nitrogens with one attached hydrogen (secondary N) is 1. The van der Waals surface area contributed by atoms with E-state index in [1.165, 1.54) is 12.1 Å². The molecule has 1 aromatic heterocycles. The number of fused-ring (bicyclic) bond motifs is 1. The lowest BCUT2D eigenvalue weighted by molar-refractivity contribution is -0.130. The molecule has 1 aliphatic heterocycles. The molecule has 2 aromatic carbocycles. The number of halogens is 2. The molecule has 0 unspecified atom stereocenters. The predicted molar refractivity (Wildman–Crippen MR) is 106 cm³/mol. The number of imidazole rings is 1. The standard InChI is InChI=1S/C21H21ClFN3O2/c1-26-18-6-5-15(22)12-17(18)25-19(26)13-24-20(27)21(7-9-28-10-8-21)14-3-2-4-16(23)11-14/h2-6,11-12H,7-10,13H2,1H3,(H,24,27). The molecule has 146 valence electrons. The van der Waals surface area contributed by atoms with Crippen molar-refractivity contribution in [1.82, 2.24) is 14.9 Å². The number of carbonyl (C=O) groups is 1. The fraction of sp³-hybridized carbons (Fsp3) is 0.333. The molecular weight excluding hydrogens is 381 g/mol. The second kappa shape index (κ2) is 7.53. The lowest BCUT2D eigenvalue weighted by Crippen LogP contribution is -2.48. The molecular formula is C21H21ClFN3O2. The minimum atomic E-state index is -0.797. The van der Waals surface area contributed by atoms with Gasteiger partial charge in [0.1, 0.15) is 11.6 Å². The van der Waals surface area contributed by atoms with Gasteiger partial charge in [-0.15, -0.1) is 0 Å². The molecule has 1 aliphatic rings. The summed E-state index contributed by atoms with van der Waals surface area (Å²) in [4.78, 5) is 17.8. The third-order valence-corrected chi connectivity index (χ3v) is 5.74. The van der Waals surface area contributed by atoms with Crippen molar-refractivity contribution in [3.8, 4) is 0 Å². The van der Waals surface area contributed by atoms with E-state index in [1.54, 1.807) is 12.1 Å². The van der Waals surface area contributed by atoms with Gasteiger partial charge >= 0.3 is 0 Å². The zero-order chi connectivity index (χ0) is 19.7. The Morgan fingerprint density at radius 3 is 2.82 bits per heavy atom. The largest absolute Gasteiger partial charge is 0.381 e. The predicted octanol–water partition coefficient (Wildman–Crippen LogP) is 3.73. The lowest BCUT2D eigenvalue weighted by atomic mass is 9.73. The van der Waals surface area contributed by atoms with Crippen molar-refractivity contribution in [3.05, 3.63) is 64.7 Å². The van der Waals surface area contributed by atoms with Crippen molar-refractivity contribution in [2.45, 2.75) is 24.8 Å². The summed E-state index contributed by atoms with van der Waals surface area (Å²) in [5.41, 5.74) is 1.61. The molecule has 1 amide bonds. The van der Waals surface area contributed by atoms with Gasteiger partial charge in [0.25, 0.3) is 0 Å². The number of rotatable bonds is 4. The van der Waals surface area contributed by atoms with Crippen molar-refractivity contribution in [2.75, 3.05) is 13.2 Å². The summed E-state index contributed by atoms with van der Waals surface area (Å²) in [6.07, 6.45) is 1.03. The number of hydrogen-bond donors (Lipinski definition) is 1. The molecule has 0 radical (unpaired) electrons. The Morgan fingerprint density at radius 2 is 2.07 bits per heavy atom. The molecule has 1 N–H and O–H groups in total. The van der Waals surface area contributed by atoms with Gasteiger partial charge in [-0.25, -0.2) is 9.37 Å². The number of carbonyl (C=O) groups excluding carboxylic acids is 1. The molecule has 2 heterocycles. The normalized spacial score (nSPS) is 16.2. The van der Waals surface area contributed by atoms with E-state index in [-0.39, 0.29) is 18.3 Å². The number of benzene rings is 2. The van der Waals surface area contributed by atoms with Crippen molar-refractivity contribution >= 4 is 28.5 Å². The van der Waals surface area contributed by atoms with Crippen LogP contribution in [0.15, 0.2) is 42.5 Å². The summed E-state index contributed by atoms with van der Waals surface area (Å²) >= 11 is 6.05. The topological polar surface area (TPSA) is 56.2 Å². The first kappa shape index (κ1) is 18.9. The third kappa shape index (κ3) is 3.38. The lowest BCUT2D eigenvalue weighted by Gasteiger charge is -2.36. The van der Waals surface area contributed by atoms with Crippen LogP contribution in [0.5, 0.6) is 0 Å². The average molecular weight is 402 g/mol. The van der Waals surface area contributed by atoms with Crippen LogP contribution in [-0.2, 0) is 28.5 Å². The summed E-state index contributed by atoms with van der Waals surface area (Å²) in [6.45, 7) is 1.21. The van der Waals surface area contributed by atoms with Crippen LogP contribution in [-0.4, -0.2) is 28.7 Å². The monoisotopic (exact) mass is 401 g/mol. The molecule has 3 aromatic rings. The van der Waals surface area contributed by atoms with E-state index >= 15 is 0 Å². The molecule has 1 fully saturated rings. The Kier molecular flexibility index (Phi) is 5.08. The summed E-state index contributed by atoms with van der Waals surface area (Å²) < 4.78 is 21.2. The molecule has 5 nitrogen and oxygen atoms in total. The molecule has 0 spiro atoms. The summed E-state index contributed by atoms with van der Waals surface area (Å²) in [6, 6.07) is 11.8. The van der Waals surface area contributed by atoms with Crippen LogP contribution < -0.4 is 5.32 Å². The maximum Gasteiger partial charge on any atom is 0.231 e. The summed E-state index contributed by atoms with van der Waals surface area (Å²) in [5.74, 6) is 0.252. The molecule has 0 bridgehead atoms. The number of hydrogen-bond acceptors (Lipinski definition) is 3. The molecule has 0 aliphatic carbocycles. The Morgan fingerprint density at radius 1 is 1.29 bits per heavy atom. The van der Waals surface area contributed by atoms with Crippen molar-refractivity contribution in [2.24, 2.45) is 7.05 Å². The molecule has 7 heteroatoms. The first-order valence-corrected chi connectivity index (χ1v) is 9.60. The van der Waals surface area contributed by atoms with Crippen LogP contribution in [0.3, 0.4) is 0 Å². The van der Waals surface area contributed by atoms with E-state index in [0.717, 1.165) is 16.9 Å². The highest BCUT2D eigenvalue weighted by atomic mass is 35.5. The number of aryl methyl sites for hydroxylation is 1. The fourth-order valence-electron chi connectivity index (χ4n) is 3.86. The zero-order valence-electron chi connectivity index (χ0n) is 15.5. The smallest absolute Gasteiger partial charge is 0.231 e. The van der Waals surface area contributed by atoms with Crippen LogP contribution in [0, 0.1) is 5.82 Å². The highest BCUT2D eigenvalue weighted by Gasteiger charge is 2.41. The van der Waals surface area contributed by atoms with E-state index in [0.29, 0.717) is 36.6 Å². The summed E-state index contributed by atoms with van der Waals surface area (Å²) in [5, 5.41) is 3.63. The van der Waals surface area contributed by atoms with Gasteiger partial charge in [0.05, 0.1) is 23.0 Å². The highest BCUT2D eigenvalue weighted by Crippen LogP contribution is 2.35. The Labute approximate surface area is 167 Å². The van der Waals surface area contributed by atoms with Gasteiger partial charge in [0, 0.05) is 25.3 Å². The van der Waals surface area contributed by atoms with Gasteiger partial charge in [-0.2, -0.15) is 0 Å². The minimum absolute atomic E-state index is 0.133. The van der Waals surface area contributed by atoms with Gasteiger partial charge in [0.15, 0.2) is 0 Å². The number of amides is 1. The van der Waals surface area contributed by atoms with Crippen LogP contribution in [0.25, 0.3) is 11.0 Å². The van der Waals surface area contributed by atoms with E-state index in [4.69, 9.17) is 16.3 Å². The van der Waals surface area contributed by atoms with Crippen molar-refractivity contribution < 1.29 is 13.9 Å². The quantitative estimate of drug-likeness (QED) is 0.724. The van der Waals surface area contributed by atoms with Gasteiger partial charge in [0.2, 0.25) is 5.91 Å². The maximum absolute atomic E-state index is 13.8. The van der Waals surface area contributed by atoms with Crippen LogP contribution in [0.4, 0.5) is 4.39 Å². The SMILES string of the molecule is Cn1c(CNC(=O)C2(c3cccc(F)c3)CCOCC2)nc2cc(Cl)ccc21. The summed E-state index contributed by atoms with van der Waals surface area (Å²) in [7, 11) is 1.90. The molecule has 4 rings (SSSR count). The Bertz CT molecular complexity index is 1030. The first-order chi connectivity index (χ1) is 13.5. The minimum Gasteiger partial charge on any atom is -0.381 e. The fourth-order valence-corrected chi connectivity index (χ4v) is 4.03. The number of ether oxygens (including phenoxy) is 1. The first-order valence-electron chi connectivity index (χ1n) is 9.22. The third-order valence-electron chi connectivity index (χ3n) is 5.50. The van der Waals surface area contributed by atoms with Crippen molar-refractivity contribution in [3.63, 3.8) is 0 Å². The van der Waals surface area contributed by atoms with Crippen LogP contribution in [0.1, 0.15) is 24.2 Å². The van der Waals surface area contributed by atoms with E-state index in [1.807, 2.05) is 29.8 Å². The van der Waals surface area contributed by atoms with Crippen LogP contribution in [0.2, 0.25) is 5.02 Å². The van der Waals surface area contributed by atoms with Crippen molar-refractivity contribution in [1.29, 1.82) is 0 Å². The molecule has 1 saturated heterocycles. The second-order valence-corrected chi connectivity index (χ2v) is 7.54. The van der Waals surface area contributed by atoms with E-state index < -0.39 is 5.41 Å². The van der Waals surface area contributed by atoms with Gasteiger partial charge in [-0.3, -0.25) is 4.79 Å². The highest BCUT2D eigenvalue weighted by molar-refractivity contribution is 6.31. The number of aromatic nitrogens is 2. The second-order valence-electron chi connectivity index (χ2n) is 7.11. The van der Waals surface area contributed by atoms with Gasteiger partial charge in [-0.05, 0) is 48.7 Å². The van der Waals surface area contributed by atoms with Crippen LogP contribution >= 0.6 is 11.6 Å². The molecule has 0 atom stereocenters. The van der Waals surface area contributed by atoms with E-state index in [2.05, 4.69) is 10.3 Å². The zero-order valence-corrected chi connectivity index (χ0v) is 16.3.